The molecule has 8 heteroatoms. The van der Waals surface area contributed by atoms with Crippen molar-refractivity contribution >= 4 is 17.9 Å². The highest BCUT2D eigenvalue weighted by Gasteiger charge is 2.40. The number of esters is 3. The Bertz CT molecular complexity index is 491. The molecule has 0 bridgehead atoms. The van der Waals surface area contributed by atoms with Crippen LogP contribution in [0.15, 0.2) is 12.2 Å². The van der Waals surface area contributed by atoms with E-state index in [2.05, 4.69) is 6.58 Å². The molecule has 0 aromatic heterocycles. The summed E-state index contributed by atoms with van der Waals surface area (Å²) in [6, 6.07) is 0. The SMILES string of the molecule is C=C(C)C(=O)OCC(COCOC)(CC(=O)OC(C)(C)C)OC(C)=O. The smallest absolute Gasteiger partial charge is 0.333 e. The molecule has 1 unspecified atom stereocenters. The molecule has 144 valence electrons. The highest BCUT2D eigenvalue weighted by molar-refractivity contribution is 5.87. The van der Waals surface area contributed by atoms with Crippen molar-refractivity contribution in [1.82, 2.24) is 0 Å². The fraction of sp³-hybridized carbons (Fsp3) is 0.706. The molecule has 0 heterocycles. The van der Waals surface area contributed by atoms with E-state index < -0.39 is 29.1 Å². The molecule has 0 spiro atoms. The second-order valence-electron chi connectivity index (χ2n) is 6.65. The quantitative estimate of drug-likeness (QED) is 0.191. The molecule has 0 saturated heterocycles. The number of rotatable bonds is 10. The lowest BCUT2D eigenvalue weighted by atomic mass is 10.0. The fourth-order valence-electron chi connectivity index (χ4n) is 1.82. The number of methoxy groups -OCH3 is 1. The first kappa shape index (κ1) is 23.1. The molecule has 0 aliphatic rings. The Labute approximate surface area is 148 Å². The lowest BCUT2D eigenvalue weighted by Gasteiger charge is -2.32. The first-order valence-corrected chi connectivity index (χ1v) is 7.71. The molecule has 0 aromatic carbocycles. The molecule has 0 aromatic rings. The first-order chi connectivity index (χ1) is 11.4. The van der Waals surface area contributed by atoms with Gasteiger partial charge in [0.2, 0.25) is 0 Å². The summed E-state index contributed by atoms with van der Waals surface area (Å²) in [6.45, 7) is 10.6. The number of hydrogen-bond acceptors (Lipinski definition) is 8. The van der Waals surface area contributed by atoms with Gasteiger partial charge in [0.25, 0.3) is 0 Å². The van der Waals surface area contributed by atoms with Gasteiger partial charge in [-0.15, -0.1) is 0 Å². The normalized spacial score (nSPS) is 13.5. The summed E-state index contributed by atoms with van der Waals surface area (Å²) in [6.07, 6.45) is -0.350. The lowest BCUT2D eigenvalue weighted by Crippen LogP contribution is -2.47. The Morgan fingerprint density at radius 2 is 1.60 bits per heavy atom. The van der Waals surface area contributed by atoms with Crippen LogP contribution in [-0.2, 0) is 38.1 Å². The number of carbonyl (C=O) groups excluding carboxylic acids is 3. The Balaban J connectivity index is 5.34. The van der Waals surface area contributed by atoms with E-state index in [0.717, 1.165) is 0 Å². The highest BCUT2D eigenvalue weighted by atomic mass is 16.7. The minimum Gasteiger partial charge on any atom is -0.460 e. The van der Waals surface area contributed by atoms with Crippen LogP contribution in [0.1, 0.15) is 41.0 Å². The van der Waals surface area contributed by atoms with Crippen LogP contribution in [0.4, 0.5) is 0 Å². The van der Waals surface area contributed by atoms with Crippen molar-refractivity contribution in [2.24, 2.45) is 0 Å². The Morgan fingerprint density at radius 1 is 1.00 bits per heavy atom. The van der Waals surface area contributed by atoms with Gasteiger partial charge in [0.05, 0.1) is 13.0 Å². The van der Waals surface area contributed by atoms with Crippen molar-refractivity contribution in [3.05, 3.63) is 12.2 Å². The fourth-order valence-corrected chi connectivity index (χ4v) is 1.82. The van der Waals surface area contributed by atoms with Gasteiger partial charge in [-0.3, -0.25) is 9.59 Å². The van der Waals surface area contributed by atoms with Crippen LogP contribution >= 0.6 is 0 Å². The zero-order valence-corrected chi connectivity index (χ0v) is 15.8. The molecule has 25 heavy (non-hydrogen) atoms. The summed E-state index contributed by atoms with van der Waals surface area (Å²) in [5, 5.41) is 0. The third-order valence-corrected chi connectivity index (χ3v) is 2.63. The van der Waals surface area contributed by atoms with Gasteiger partial charge in [-0.1, -0.05) is 6.58 Å². The van der Waals surface area contributed by atoms with Crippen LogP contribution in [0.25, 0.3) is 0 Å². The zero-order chi connectivity index (χ0) is 19.7. The van der Waals surface area contributed by atoms with E-state index in [4.69, 9.17) is 23.7 Å². The summed E-state index contributed by atoms with van der Waals surface area (Å²) < 4.78 is 25.7. The summed E-state index contributed by atoms with van der Waals surface area (Å²) in [5.74, 6) is -1.95. The molecule has 0 aliphatic heterocycles. The maximum Gasteiger partial charge on any atom is 0.333 e. The highest BCUT2D eigenvalue weighted by Crippen LogP contribution is 2.22. The Hall–Kier alpha value is -1.93. The van der Waals surface area contributed by atoms with E-state index >= 15 is 0 Å². The Kier molecular flexibility index (Phi) is 9.37. The first-order valence-electron chi connectivity index (χ1n) is 7.71. The van der Waals surface area contributed by atoms with Gasteiger partial charge in [-0.25, -0.2) is 4.79 Å². The van der Waals surface area contributed by atoms with Crippen LogP contribution in [-0.4, -0.2) is 56.2 Å². The van der Waals surface area contributed by atoms with E-state index in [1.54, 1.807) is 20.8 Å². The predicted molar refractivity (Wildman–Crippen MR) is 88.6 cm³/mol. The lowest BCUT2D eigenvalue weighted by molar-refractivity contribution is -0.192. The van der Waals surface area contributed by atoms with Gasteiger partial charge in [-0.2, -0.15) is 0 Å². The summed E-state index contributed by atoms with van der Waals surface area (Å²) >= 11 is 0. The summed E-state index contributed by atoms with van der Waals surface area (Å²) in [5.41, 5.74) is -2.08. The van der Waals surface area contributed by atoms with Gasteiger partial charge in [-0.05, 0) is 27.7 Å². The molecule has 0 aliphatic carbocycles. The molecule has 1 atom stereocenters. The van der Waals surface area contributed by atoms with E-state index in [0.29, 0.717) is 0 Å². The molecule has 8 nitrogen and oxygen atoms in total. The van der Waals surface area contributed by atoms with Crippen LogP contribution in [0, 0.1) is 0 Å². The van der Waals surface area contributed by atoms with Gasteiger partial charge in [0.15, 0.2) is 5.60 Å². The van der Waals surface area contributed by atoms with Crippen LogP contribution in [0.3, 0.4) is 0 Å². The standard InChI is InChI=1S/C17H28O8/c1-12(2)15(20)23-10-17(24-13(3)18,9-22-11-21-7)8-14(19)25-16(4,5)6/h1,8-11H2,2-7H3. The predicted octanol–water partition coefficient (Wildman–Crippen LogP) is 1.76. The molecule has 0 radical (unpaired) electrons. The largest absolute Gasteiger partial charge is 0.460 e. The average Bonchev–Trinajstić information content (AvgIpc) is 2.42. The molecular formula is C17H28O8. The number of ether oxygens (including phenoxy) is 5. The minimum absolute atomic E-state index is 0.0915. The van der Waals surface area contributed by atoms with Crippen LogP contribution in [0.5, 0.6) is 0 Å². The van der Waals surface area contributed by atoms with E-state index in [1.807, 2.05) is 0 Å². The van der Waals surface area contributed by atoms with E-state index in [1.165, 1.54) is 21.0 Å². The van der Waals surface area contributed by atoms with Crippen molar-refractivity contribution in [1.29, 1.82) is 0 Å². The van der Waals surface area contributed by atoms with Crippen molar-refractivity contribution < 1.29 is 38.1 Å². The van der Waals surface area contributed by atoms with Crippen molar-refractivity contribution in [2.45, 2.75) is 52.2 Å². The maximum atomic E-state index is 12.2. The number of hydrogen-bond donors (Lipinski definition) is 0. The van der Waals surface area contributed by atoms with Gasteiger partial charge < -0.3 is 23.7 Å². The average molecular weight is 360 g/mol. The van der Waals surface area contributed by atoms with Crippen molar-refractivity contribution in [2.75, 3.05) is 27.1 Å². The second kappa shape index (κ2) is 10.1. The van der Waals surface area contributed by atoms with E-state index in [9.17, 15) is 14.4 Å². The molecule has 0 rings (SSSR count). The topological polar surface area (TPSA) is 97.4 Å². The molecule has 0 amide bonds. The summed E-state index contributed by atoms with van der Waals surface area (Å²) in [4.78, 5) is 35.4. The summed E-state index contributed by atoms with van der Waals surface area (Å²) in [7, 11) is 1.42. The third kappa shape index (κ3) is 10.5. The number of carbonyl (C=O) groups is 3. The third-order valence-electron chi connectivity index (χ3n) is 2.63. The molecule has 0 saturated carbocycles. The zero-order valence-electron chi connectivity index (χ0n) is 15.8. The maximum absolute atomic E-state index is 12.2. The Morgan fingerprint density at radius 3 is 2.04 bits per heavy atom. The second-order valence-corrected chi connectivity index (χ2v) is 6.65. The van der Waals surface area contributed by atoms with Crippen molar-refractivity contribution in [3.8, 4) is 0 Å². The van der Waals surface area contributed by atoms with Gasteiger partial charge in [0.1, 0.15) is 19.0 Å². The molecule has 0 fully saturated rings. The van der Waals surface area contributed by atoms with Gasteiger partial charge >= 0.3 is 17.9 Å². The van der Waals surface area contributed by atoms with Crippen LogP contribution < -0.4 is 0 Å². The van der Waals surface area contributed by atoms with E-state index in [-0.39, 0.29) is 32.0 Å². The molecular weight excluding hydrogens is 332 g/mol. The van der Waals surface area contributed by atoms with Crippen LogP contribution in [0.2, 0.25) is 0 Å². The monoisotopic (exact) mass is 360 g/mol. The van der Waals surface area contributed by atoms with Gasteiger partial charge in [0, 0.05) is 19.6 Å². The van der Waals surface area contributed by atoms with Crippen molar-refractivity contribution in [3.63, 3.8) is 0 Å². The molecule has 0 N–H and O–H groups in total. The minimum atomic E-state index is -1.53.